The maximum absolute atomic E-state index is 5.42. The van der Waals surface area contributed by atoms with Crippen molar-refractivity contribution < 1.29 is 23.6 Å². The molecule has 1 rings (SSSR count). The third kappa shape index (κ3) is 3.63. The van der Waals surface area contributed by atoms with E-state index in [4.69, 9.17) is 4.74 Å². The molecule has 0 bridgehead atoms. The molecular formula is C7H14LiNO. The molecule has 0 aromatic rings. The first kappa shape index (κ1) is 10.5. The monoisotopic (exact) mass is 135 g/mol. The van der Waals surface area contributed by atoms with E-state index >= 15 is 0 Å². The SMILES string of the molecule is [CH2-]CCC1CNCCO1.[Li+]. The van der Waals surface area contributed by atoms with Crippen LogP contribution in [0.4, 0.5) is 0 Å². The van der Waals surface area contributed by atoms with Crippen LogP contribution in [0.1, 0.15) is 12.8 Å². The minimum atomic E-state index is 0. The molecule has 0 radical (unpaired) electrons. The van der Waals surface area contributed by atoms with Crippen LogP contribution >= 0.6 is 0 Å². The Morgan fingerprint density at radius 1 is 1.60 bits per heavy atom. The number of hydrogen-bond donors (Lipinski definition) is 1. The van der Waals surface area contributed by atoms with Gasteiger partial charge in [0.1, 0.15) is 0 Å². The summed E-state index contributed by atoms with van der Waals surface area (Å²) in [6.45, 7) is 6.65. The van der Waals surface area contributed by atoms with Crippen molar-refractivity contribution in [2.45, 2.75) is 18.9 Å². The zero-order valence-corrected chi connectivity index (χ0v) is 6.73. The molecule has 3 heteroatoms. The third-order valence-electron chi connectivity index (χ3n) is 1.53. The Morgan fingerprint density at radius 3 is 2.90 bits per heavy atom. The molecule has 54 valence electrons. The second-order valence-corrected chi connectivity index (χ2v) is 2.34. The van der Waals surface area contributed by atoms with Gasteiger partial charge in [0.05, 0.1) is 12.7 Å². The molecule has 1 aliphatic rings. The quantitative estimate of drug-likeness (QED) is 0.336. The van der Waals surface area contributed by atoms with Crippen LogP contribution in [0.25, 0.3) is 0 Å². The van der Waals surface area contributed by atoms with Crippen molar-refractivity contribution in [1.82, 2.24) is 5.32 Å². The minimum absolute atomic E-state index is 0. The van der Waals surface area contributed by atoms with Gasteiger partial charge in [-0.05, 0) is 0 Å². The number of hydrogen-bond acceptors (Lipinski definition) is 2. The molecule has 1 aliphatic heterocycles. The van der Waals surface area contributed by atoms with Gasteiger partial charge in [-0.1, -0.05) is 6.42 Å². The first-order valence-electron chi connectivity index (χ1n) is 3.55. The van der Waals surface area contributed by atoms with Crippen molar-refractivity contribution >= 4 is 0 Å². The fourth-order valence-corrected chi connectivity index (χ4v) is 1.03. The van der Waals surface area contributed by atoms with Gasteiger partial charge >= 0.3 is 18.9 Å². The van der Waals surface area contributed by atoms with Crippen LogP contribution in [-0.2, 0) is 4.74 Å². The Bertz CT molecular complexity index is 71.3. The Morgan fingerprint density at radius 2 is 2.40 bits per heavy atom. The zero-order valence-electron chi connectivity index (χ0n) is 6.73. The van der Waals surface area contributed by atoms with Gasteiger partial charge in [-0.25, -0.2) is 0 Å². The molecule has 0 aromatic carbocycles. The summed E-state index contributed by atoms with van der Waals surface area (Å²) < 4.78 is 5.42. The van der Waals surface area contributed by atoms with E-state index in [0.29, 0.717) is 6.10 Å². The van der Waals surface area contributed by atoms with Gasteiger partial charge < -0.3 is 17.0 Å². The molecule has 10 heavy (non-hydrogen) atoms. The maximum Gasteiger partial charge on any atom is 1.00 e. The molecule has 1 fully saturated rings. The first-order valence-corrected chi connectivity index (χ1v) is 3.55. The number of nitrogens with one attached hydrogen (secondary N) is 1. The Hall–Kier alpha value is 0.517. The molecule has 1 saturated heterocycles. The summed E-state index contributed by atoms with van der Waals surface area (Å²) in [4.78, 5) is 0. The summed E-state index contributed by atoms with van der Waals surface area (Å²) in [7, 11) is 0. The molecule has 0 aliphatic carbocycles. The van der Waals surface area contributed by atoms with E-state index < -0.39 is 0 Å². The van der Waals surface area contributed by atoms with Crippen molar-refractivity contribution in [2.75, 3.05) is 19.7 Å². The van der Waals surface area contributed by atoms with Gasteiger partial charge in [0.15, 0.2) is 0 Å². The molecule has 0 saturated carbocycles. The van der Waals surface area contributed by atoms with Crippen LogP contribution in [0, 0.1) is 6.92 Å². The molecular weight excluding hydrogens is 121 g/mol. The van der Waals surface area contributed by atoms with E-state index in [-0.39, 0.29) is 18.9 Å². The average molecular weight is 135 g/mol. The summed E-state index contributed by atoms with van der Waals surface area (Å²) in [6, 6.07) is 0. The smallest absolute Gasteiger partial charge is 0.376 e. The summed E-state index contributed by atoms with van der Waals surface area (Å²) >= 11 is 0. The van der Waals surface area contributed by atoms with E-state index in [2.05, 4.69) is 12.2 Å². The number of ether oxygens (including phenoxy) is 1. The number of rotatable bonds is 2. The van der Waals surface area contributed by atoms with Crippen molar-refractivity contribution in [3.05, 3.63) is 6.92 Å². The predicted octanol–water partition coefficient (Wildman–Crippen LogP) is -2.41. The summed E-state index contributed by atoms with van der Waals surface area (Å²) in [5.41, 5.74) is 0. The van der Waals surface area contributed by atoms with Gasteiger partial charge in [0.2, 0.25) is 0 Å². The summed E-state index contributed by atoms with van der Waals surface area (Å²) in [5, 5.41) is 3.27. The van der Waals surface area contributed by atoms with E-state index in [1.54, 1.807) is 0 Å². The molecule has 1 heterocycles. The normalized spacial score (nSPS) is 25.5. The largest absolute Gasteiger partial charge is 1.00 e. The van der Waals surface area contributed by atoms with Gasteiger partial charge in [0.25, 0.3) is 0 Å². The second-order valence-electron chi connectivity index (χ2n) is 2.34. The van der Waals surface area contributed by atoms with Crippen LogP contribution in [0.5, 0.6) is 0 Å². The van der Waals surface area contributed by atoms with Crippen molar-refractivity contribution in [3.8, 4) is 0 Å². The van der Waals surface area contributed by atoms with E-state index in [0.717, 1.165) is 32.5 Å². The van der Waals surface area contributed by atoms with Crippen LogP contribution < -0.4 is 24.2 Å². The molecule has 1 N–H and O–H groups in total. The van der Waals surface area contributed by atoms with Crippen LogP contribution in [0.3, 0.4) is 0 Å². The van der Waals surface area contributed by atoms with Crippen LogP contribution in [0.2, 0.25) is 0 Å². The summed E-state index contributed by atoms with van der Waals surface area (Å²) in [5.74, 6) is 0. The van der Waals surface area contributed by atoms with Gasteiger partial charge in [-0.2, -0.15) is 6.42 Å². The van der Waals surface area contributed by atoms with Crippen molar-refractivity contribution in [1.29, 1.82) is 0 Å². The molecule has 0 spiro atoms. The Labute approximate surface area is 74.9 Å². The van der Waals surface area contributed by atoms with Crippen LogP contribution in [-0.4, -0.2) is 25.8 Å². The molecule has 0 amide bonds. The minimum Gasteiger partial charge on any atom is -0.376 e. The van der Waals surface area contributed by atoms with Gasteiger partial charge in [0, 0.05) is 13.1 Å². The van der Waals surface area contributed by atoms with Crippen molar-refractivity contribution in [3.63, 3.8) is 0 Å². The predicted molar refractivity (Wildman–Crippen MR) is 37.2 cm³/mol. The van der Waals surface area contributed by atoms with E-state index in [1.165, 1.54) is 0 Å². The van der Waals surface area contributed by atoms with Crippen molar-refractivity contribution in [2.24, 2.45) is 0 Å². The number of morpholine rings is 1. The summed E-state index contributed by atoms with van der Waals surface area (Å²) in [6.07, 6.45) is 2.50. The molecule has 2 nitrogen and oxygen atoms in total. The Balaban J connectivity index is 0.000000810. The van der Waals surface area contributed by atoms with Crippen LogP contribution in [0.15, 0.2) is 0 Å². The van der Waals surface area contributed by atoms with E-state index in [1.807, 2.05) is 0 Å². The first-order chi connectivity index (χ1) is 4.43. The Kier molecular flexibility index (Phi) is 6.56. The third-order valence-corrected chi connectivity index (χ3v) is 1.53. The fourth-order valence-electron chi connectivity index (χ4n) is 1.03. The zero-order chi connectivity index (χ0) is 6.53. The molecule has 1 atom stereocenters. The average Bonchev–Trinajstić information content (AvgIpc) is 1.91. The molecule has 1 unspecified atom stereocenters. The van der Waals surface area contributed by atoms with Gasteiger partial charge in [-0.15, -0.1) is 0 Å². The fraction of sp³-hybridized carbons (Fsp3) is 0.857. The maximum atomic E-state index is 5.42. The second kappa shape index (κ2) is 6.24. The standard InChI is InChI=1S/C7H14NO.Li/c1-2-3-7-6-8-4-5-9-7;/h7-8H,1-6H2;/q-1;+1. The van der Waals surface area contributed by atoms with Gasteiger partial charge in [-0.3, -0.25) is 0 Å². The topological polar surface area (TPSA) is 21.3 Å². The molecule has 0 aromatic heterocycles. The van der Waals surface area contributed by atoms with E-state index in [9.17, 15) is 0 Å².